The van der Waals surface area contributed by atoms with E-state index in [0.29, 0.717) is 23.8 Å². The molecule has 8 heteroatoms. The van der Waals surface area contributed by atoms with Crippen molar-refractivity contribution in [3.05, 3.63) is 17.7 Å². The zero-order chi connectivity index (χ0) is 17.8. The van der Waals surface area contributed by atoms with Crippen molar-refractivity contribution >= 4 is 41.7 Å². The molecule has 0 unspecified atom stereocenters. The lowest BCUT2D eigenvalue weighted by atomic mass is 10.1. The van der Waals surface area contributed by atoms with Gasteiger partial charge < -0.3 is 24.8 Å². The minimum atomic E-state index is 0. The van der Waals surface area contributed by atoms with Gasteiger partial charge in [0.25, 0.3) is 0 Å². The number of unbranched alkanes of at least 4 members (excludes halogenated alkanes) is 1. The molecule has 0 saturated carbocycles. The van der Waals surface area contributed by atoms with Crippen molar-refractivity contribution in [3.8, 4) is 17.2 Å². The van der Waals surface area contributed by atoms with Gasteiger partial charge in [-0.2, -0.15) is 11.8 Å². The van der Waals surface area contributed by atoms with Crippen molar-refractivity contribution in [1.82, 2.24) is 10.6 Å². The minimum absolute atomic E-state index is 0. The van der Waals surface area contributed by atoms with Gasteiger partial charge in [0.15, 0.2) is 5.96 Å². The second kappa shape index (κ2) is 14.2. The molecule has 0 heterocycles. The molecule has 2 N–H and O–H groups in total. The van der Waals surface area contributed by atoms with Crippen LogP contribution in [0.25, 0.3) is 0 Å². The Bertz CT molecular complexity index is 505. The largest absolute Gasteiger partial charge is 0.496 e. The lowest BCUT2D eigenvalue weighted by Crippen LogP contribution is -2.37. The van der Waals surface area contributed by atoms with E-state index >= 15 is 0 Å². The van der Waals surface area contributed by atoms with Gasteiger partial charge in [0, 0.05) is 25.7 Å². The number of aliphatic imine (C=N–C) groups is 1. The van der Waals surface area contributed by atoms with E-state index in [-0.39, 0.29) is 24.0 Å². The normalized spacial score (nSPS) is 10.7. The summed E-state index contributed by atoms with van der Waals surface area (Å²) in [7, 11) is 6.65. The van der Waals surface area contributed by atoms with Crippen LogP contribution in [-0.2, 0) is 6.54 Å². The van der Waals surface area contributed by atoms with E-state index in [4.69, 9.17) is 14.2 Å². The second-order valence-electron chi connectivity index (χ2n) is 5.06. The maximum atomic E-state index is 5.46. The Morgan fingerprint density at radius 2 is 1.68 bits per heavy atom. The summed E-state index contributed by atoms with van der Waals surface area (Å²) < 4.78 is 16.2. The highest BCUT2D eigenvalue weighted by Gasteiger charge is 2.13. The first-order chi connectivity index (χ1) is 11.7. The first kappa shape index (κ1) is 24.0. The van der Waals surface area contributed by atoms with Crippen molar-refractivity contribution < 1.29 is 14.2 Å². The summed E-state index contributed by atoms with van der Waals surface area (Å²) in [6.07, 6.45) is 4.45. The fourth-order valence-electron chi connectivity index (χ4n) is 2.22. The van der Waals surface area contributed by atoms with Crippen molar-refractivity contribution in [3.63, 3.8) is 0 Å². The molecular formula is C17H30IN3O3S. The van der Waals surface area contributed by atoms with E-state index in [9.17, 15) is 0 Å². The van der Waals surface area contributed by atoms with Gasteiger partial charge in [-0.1, -0.05) is 0 Å². The number of nitrogens with zero attached hydrogens (tertiary/aromatic N) is 1. The van der Waals surface area contributed by atoms with Gasteiger partial charge in [-0.05, 0) is 24.9 Å². The van der Waals surface area contributed by atoms with Crippen LogP contribution in [0.4, 0.5) is 0 Å². The summed E-state index contributed by atoms with van der Waals surface area (Å²) in [6, 6.07) is 3.69. The van der Waals surface area contributed by atoms with Crippen molar-refractivity contribution in [2.24, 2.45) is 4.99 Å². The SMILES string of the molecule is CN=C(NCCCCSC)NCc1c(OC)cc(OC)cc1OC.I. The molecule has 0 spiro atoms. The molecule has 1 rings (SSSR count). The summed E-state index contributed by atoms with van der Waals surface area (Å²) in [5.74, 6) is 4.08. The van der Waals surface area contributed by atoms with Crippen LogP contribution < -0.4 is 24.8 Å². The highest BCUT2D eigenvalue weighted by molar-refractivity contribution is 14.0. The Labute approximate surface area is 172 Å². The standard InChI is InChI=1S/C17H29N3O3S.HI/c1-18-17(19-8-6-7-9-24-5)20-12-14-15(22-3)10-13(21-2)11-16(14)23-4;/h10-11H,6-9,12H2,1-5H3,(H2,18,19,20);1H. The first-order valence-corrected chi connectivity index (χ1v) is 9.31. The predicted molar refractivity (Wildman–Crippen MR) is 117 cm³/mol. The van der Waals surface area contributed by atoms with Gasteiger partial charge in [-0.25, -0.2) is 0 Å². The van der Waals surface area contributed by atoms with Gasteiger partial charge in [0.05, 0.1) is 33.4 Å². The molecule has 0 saturated heterocycles. The number of ether oxygens (including phenoxy) is 3. The molecule has 0 bridgehead atoms. The van der Waals surface area contributed by atoms with E-state index in [1.165, 1.54) is 12.2 Å². The average molecular weight is 483 g/mol. The fraction of sp³-hybridized carbons (Fsp3) is 0.588. The summed E-state index contributed by atoms with van der Waals surface area (Å²) in [5.41, 5.74) is 0.922. The van der Waals surface area contributed by atoms with Crippen LogP contribution in [0.15, 0.2) is 17.1 Å². The lowest BCUT2D eigenvalue weighted by Gasteiger charge is -2.17. The number of guanidine groups is 1. The van der Waals surface area contributed by atoms with E-state index in [1.54, 1.807) is 28.4 Å². The molecule has 0 aromatic heterocycles. The molecule has 0 aliphatic carbocycles. The van der Waals surface area contributed by atoms with Crippen molar-refractivity contribution in [2.45, 2.75) is 19.4 Å². The molecule has 0 fully saturated rings. The third-order valence-electron chi connectivity index (χ3n) is 3.54. The molecule has 0 amide bonds. The van der Waals surface area contributed by atoms with Gasteiger partial charge in [0.1, 0.15) is 17.2 Å². The molecule has 0 aliphatic rings. The van der Waals surface area contributed by atoms with Crippen molar-refractivity contribution in [2.75, 3.05) is 46.9 Å². The van der Waals surface area contributed by atoms with E-state index < -0.39 is 0 Å². The molecule has 25 heavy (non-hydrogen) atoms. The van der Waals surface area contributed by atoms with Gasteiger partial charge in [0.2, 0.25) is 0 Å². The molecule has 0 aliphatic heterocycles. The third-order valence-corrected chi connectivity index (χ3v) is 4.24. The van der Waals surface area contributed by atoms with Gasteiger partial charge >= 0.3 is 0 Å². The fourth-order valence-corrected chi connectivity index (χ4v) is 2.72. The van der Waals surface area contributed by atoms with E-state index in [1.807, 2.05) is 23.9 Å². The zero-order valence-corrected chi connectivity index (χ0v) is 18.8. The maximum absolute atomic E-state index is 5.46. The number of nitrogens with one attached hydrogen (secondary N) is 2. The number of hydrogen-bond acceptors (Lipinski definition) is 5. The Kier molecular flexibility index (Phi) is 13.6. The monoisotopic (exact) mass is 483 g/mol. The maximum Gasteiger partial charge on any atom is 0.191 e. The van der Waals surface area contributed by atoms with Crippen LogP contribution in [0.3, 0.4) is 0 Å². The molecule has 0 atom stereocenters. The highest BCUT2D eigenvalue weighted by Crippen LogP contribution is 2.33. The molecule has 1 aromatic carbocycles. The number of thioether (sulfide) groups is 1. The first-order valence-electron chi connectivity index (χ1n) is 7.92. The summed E-state index contributed by atoms with van der Waals surface area (Å²) in [6.45, 7) is 1.44. The topological polar surface area (TPSA) is 64.1 Å². The summed E-state index contributed by atoms with van der Waals surface area (Å²) >= 11 is 1.87. The third kappa shape index (κ3) is 8.26. The minimum Gasteiger partial charge on any atom is -0.496 e. The number of methoxy groups -OCH3 is 3. The van der Waals surface area contributed by atoms with Gasteiger partial charge in [-0.15, -0.1) is 24.0 Å². The quantitative estimate of drug-likeness (QED) is 0.231. The molecular weight excluding hydrogens is 453 g/mol. The molecule has 0 radical (unpaired) electrons. The second-order valence-corrected chi connectivity index (χ2v) is 6.05. The van der Waals surface area contributed by atoms with Crippen LogP contribution >= 0.6 is 35.7 Å². The Morgan fingerprint density at radius 3 is 2.16 bits per heavy atom. The average Bonchev–Trinajstić information content (AvgIpc) is 2.63. The van der Waals surface area contributed by atoms with Crippen LogP contribution in [0, 0.1) is 0 Å². The number of rotatable bonds is 10. The number of hydrogen-bond donors (Lipinski definition) is 2. The lowest BCUT2D eigenvalue weighted by molar-refractivity contribution is 0.368. The van der Waals surface area contributed by atoms with E-state index in [0.717, 1.165) is 24.5 Å². The van der Waals surface area contributed by atoms with Crippen LogP contribution in [-0.4, -0.2) is 52.9 Å². The smallest absolute Gasteiger partial charge is 0.191 e. The molecule has 6 nitrogen and oxygen atoms in total. The highest BCUT2D eigenvalue weighted by atomic mass is 127. The molecule has 1 aromatic rings. The van der Waals surface area contributed by atoms with Crippen LogP contribution in [0.5, 0.6) is 17.2 Å². The molecule has 144 valence electrons. The van der Waals surface area contributed by atoms with Crippen LogP contribution in [0.2, 0.25) is 0 Å². The number of benzene rings is 1. The number of halogens is 1. The Morgan fingerprint density at radius 1 is 1.04 bits per heavy atom. The zero-order valence-electron chi connectivity index (χ0n) is 15.7. The predicted octanol–water partition coefficient (Wildman–Crippen LogP) is 3.14. The Balaban J connectivity index is 0.00000576. The summed E-state index contributed by atoms with van der Waals surface area (Å²) in [4.78, 5) is 4.25. The van der Waals surface area contributed by atoms with Crippen LogP contribution in [0.1, 0.15) is 18.4 Å². The summed E-state index contributed by atoms with van der Waals surface area (Å²) in [5, 5.41) is 6.62. The van der Waals surface area contributed by atoms with Crippen molar-refractivity contribution in [1.29, 1.82) is 0 Å². The Hall–Kier alpha value is -1.03. The van der Waals surface area contributed by atoms with Gasteiger partial charge in [-0.3, -0.25) is 4.99 Å². The van der Waals surface area contributed by atoms with E-state index in [2.05, 4.69) is 21.9 Å².